The molecule has 7 heteroatoms. The van der Waals surface area contributed by atoms with Crippen molar-refractivity contribution in [2.24, 2.45) is 28.6 Å². The fourth-order valence-corrected chi connectivity index (χ4v) is 8.55. The molecule has 186 valence electrons. The first-order chi connectivity index (χ1) is 16.6. The molecule has 7 atom stereocenters. The number of benzene rings is 1. The van der Waals surface area contributed by atoms with Gasteiger partial charge in [-0.3, -0.25) is 4.79 Å². The molecule has 4 aliphatic rings. The molecule has 0 spiro atoms. The van der Waals surface area contributed by atoms with Gasteiger partial charge >= 0.3 is 0 Å². The number of nitrogens with zero attached hydrogens (tertiary/aromatic N) is 2. The van der Waals surface area contributed by atoms with Crippen molar-refractivity contribution in [3.8, 4) is 5.69 Å². The summed E-state index contributed by atoms with van der Waals surface area (Å²) in [6, 6.07) is 6.30. The van der Waals surface area contributed by atoms with Gasteiger partial charge in [0.15, 0.2) is 12.5 Å². The second-order valence-corrected chi connectivity index (χ2v) is 11.7. The van der Waals surface area contributed by atoms with Crippen molar-refractivity contribution in [2.75, 3.05) is 6.67 Å². The van der Waals surface area contributed by atoms with Crippen LogP contribution >= 0.6 is 0 Å². The van der Waals surface area contributed by atoms with E-state index in [1.165, 1.54) is 17.7 Å². The molecule has 0 bridgehead atoms. The van der Waals surface area contributed by atoms with E-state index in [1.54, 1.807) is 12.1 Å². The number of aromatic nitrogens is 2. The highest BCUT2D eigenvalue weighted by atomic mass is 19.1. The SMILES string of the molecule is C[C@]12Cc3cnn(-c4ccc(F)cc4)c3C=C1CC[C@@H]1[C@@H]2[C@@H](O)C[C@@]2(C)[C@H]1CC[C@]2(O)C(=O)CF. The van der Waals surface area contributed by atoms with Crippen LogP contribution in [0.15, 0.2) is 36.0 Å². The first kappa shape index (κ1) is 23.0. The van der Waals surface area contributed by atoms with Crippen molar-refractivity contribution >= 4 is 11.9 Å². The number of rotatable bonds is 3. The lowest BCUT2D eigenvalue weighted by molar-refractivity contribution is -0.179. The maximum absolute atomic E-state index is 13.4. The highest BCUT2D eigenvalue weighted by molar-refractivity contribution is 5.89. The van der Waals surface area contributed by atoms with Crippen LogP contribution in [0.25, 0.3) is 11.8 Å². The van der Waals surface area contributed by atoms with E-state index < -0.39 is 29.6 Å². The Hall–Kier alpha value is -2.38. The van der Waals surface area contributed by atoms with Gasteiger partial charge in [-0.25, -0.2) is 13.5 Å². The summed E-state index contributed by atoms with van der Waals surface area (Å²) >= 11 is 0. The monoisotopic (exact) mass is 482 g/mol. The van der Waals surface area contributed by atoms with Crippen LogP contribution in [0.4, 0.5) is 8.78 Å². The molecule has 2 N–H and O–H groups in total. The molecule has 1 aromatic carbocycles. The molecule has 1 heterocycles. The van der Waals surface area contributed by atoms with E-state index in [0.717, 1.165) is 36.2 Å². The molecule has 5 nitrogen and oxygen atoms in total. The minimum Gasteiger partial charge on any atom is -0.393 e. The van der Waals surface area contributed by atoms with Crippen molar-refractivity contribution in [3.63, 3.8) is 0 Å². The van der Waals surface area contributed by atoms with Crippen LogP contribution in [0.3, 0.4) is 0 Å². The predicted octanol–water partition coefficient (Wildman–Crippen LogP) is 4.43. The predicted molar refractivity (Wildman–Crippen MR) is 127 cm³/mol. The number of halogens is 2. The highest BCUT2D eigenvalue weighted by Gasteiger charge is 2.68. The van der Waals surface area contributed by atoms with Crippen molar-refractivity contribution in [1.82, 2.24) is 9.78 Å². The molecular weight excluding hydrogens is 450 g/mol. The quantitative estimate of drug-likeness (QED) is 0.679. The zero-order valence-electron chi connectivity index (χ0n) is 20.2. The average Bonchev–Trinajstić information content (AvgIpc) is 3.35. The van der Waals surface area contributed by atoms with E-state index in [4.69, 9.17) is 0 Å². The average molecular weight is 483 g/mol. The summed E-state index contributed by atoms with van der Waals surface area (Å²) in [4.78, 5) is 12.5. The van der Waals surface area contributed by atoms with Crippen LogP contribution in [0, 0.1) is 34.4 Å². The Balaban J connectivity index is 1.37. The molecule has 0 amide bonds. The summed E-state index contributed by atoms with van der Waals surface area (Å²) in [7, 11) is 0. The molecular formula is C28H32F2N2O3. The van der Waals surface area contributed by atoms with E-state index in [9.17, 15) is 23.8 Å². The summed E-state index contributed by atoms with van der Waals surface area (Å²) in [5.74, 6) is -0.819. The number of carbonyl (C=O) groups excluding carboxylic acids is 1. The first-order valence-corrected chi connectivity index (χ1v) is 12.7. The zero-order chi connectivity index (χ0) is 24.8. The Labute approximate surface area is 203 Å². The normalized spacial score (nSPS) is 39.8. The van der Waals surface area contributed by atoms with Crippen molar-refractivity contribution in [2.45, 2.75) is 64.1 Å². The van der Waals surface area contributed by atoms with E-state index in [0.29, 0.717) is 12.8 Å². The van der Waals surface area contributed by atoms with Gasteiger partial charge in [-0.1, -0.05) is 19.4 Å². The maximum Gasteiger partial charge on any atom is 0.195 e. The van der Waals surface area contributed by atoms with Gasteiger partial charge in [-0.05, 0) is 97.6 Å². The molecule has 3 saturated carbocycles. The highest BCUT2D eigenvalue weighted by Crippen LogP contribution is 2.67. The topological polar surface area (TPSA) is 75.3 Å². The molecule has 3 fully saturated rings. The number of carbonyl (C=O) groups is 1. The number of fused-ring (bicyclic) bond motifs is 6. The van der Waals surface area contributed by atoms with Gasteiger partial charge in [0.2, 0.25) is 0 Å². The largest absolute Gasteiger partial charge is 0.393 e. The number of hydrogen-bond donors (Lipinski definition) is 2. The standard InChI is InChI=1S/C28H32F2N2O3/c1-26-12-16-15-31-32(19-6-4-18(30)5-7-19)22(16)11-17(26)3-8-20-21-9-10-28(35,24(34)14-29)27(21,2)13-23(33)25(20)26/h4-7,11,15,20-21,23,25,33,35H,3,8-10,12-14H2,1-2H3/t20-,21-,23-,25+,26-,27-,28-/m0/s1. The van der Waals surface area contributed by atoms with Crippen LogP contribution in [0.5, 0.6) is 0 Å². The fourth-order valence-electron chi connectivity index (χ4n) is 8.55. The van der Waals surface area contributed by atoms with Crippen LogP contribution in [0.1, 0.15) is 57.2 Å². The molecule has 0 aliphatic heterocycles. The van der Waals surface area contributed by atoms with Crippen LogP contribution < -0.4 is 0 Å². The second-order valence-electron chi connectivity index (χ2n) is 11.7. The Bertz CT molecular complexity index is 1220. The Morgan fingerprint density at radius 1 is 1.23 bits per heavy atom. The molecule has 0 radical (unpaired) electrons. The molecule has 0 unspecified atom stereocenters. The number of Topliss-reactive ketones (excluding diaryl/α,β-unsaturated/α-hetero) is 1. The Morgan fingerprint density at radius 3 is 2.69 bits per heavy atom. The summed E-state index contributed by atoms with van der Waals surface area (Å²) < 4.78 is 28.7. The third-order valence-corrected chi connectivity index (χ3v) is 10.2. The van der Waals surface area contributed by atoms with Gasteiger partial charge in [0.1, 0.15) is 11.4 Å². The fraction of sp³-hybridized carbons (Fsp3) is 0.571. The third kappa shape index (κ3) is 2.97. The summed E-state index contributed by atoms with van der Waals surface area (Å²) in [5.41, 5.74) is 1.40. The summed E-state index contributed by atoms with van der Waals surface area (Å²) in [6.07, 6.45) is 7.08. The molecule has 1 aromatic heterocycles. The molecule has 2 aromatic rings. The van der Waals surface area contributed by atoms with Crippen molar-refractivity contribution < 1.29 is 23.8 Å². The second kappa shape index (κ2) is 7.56. The van der Waals surface area contributed by atoms with Gasteiger partial charge in [0.05, 0.1) is 23.7 Å². The minimum atomic E-state index is -1.70. The van der Waals surface area contributed by atoms with Gasteiger partial charge in [-0.2, -0.15) is 5.10 Å². The van der Waals surface area contributed by atoms with Crippen molar-refractivity contribution in [1.29, 1.82) is 0 Å². The van der Waals surface area contributed by atoms with Gasteiger partial charge in [-0.15, -0.1) is 0 Å². The number of aliphatic hydroxyl groups excluding tert-OH is 1. The molecule has 0 saturated heterocycles. The summed E-state index contributed by atoms with van der Waals surface area (Å²) in [6.45, 7) is 2.94. The van der Waals surface area contributed by atoms with E-state index in [2.05, 4.69) is 18.1 Å². The van der Waals surface area contributed by atoms with Gasteiger partial charge in [0.25, 0.3) is 0 Å². The lowest BCUT2D eigenvalue weighted by atomic mass is 9.45. The third-order valence-electron chi connectivity index (χ3n) is 10.2. The molecule has 35 heavy (non-hydrogen) atoms. The van der Waals surface area contributed by atoms with E-state index >= 15 is 0 Å². The Kier molecular flexibility index (Phi) is 4.98. The number of aliphatic hydroxyl groups is 2. The number of alkyl halides is 1. The van der Waals surface area contributed by atoms with Gasteiger partial charge < -0.3 is 10.2 Å². The van der Waals surface area contributed by atoms with E-state index in [1.807, 2.05) is 17.8 Å². The molecule has 4 aliphatic carbocycles. The minimum absolute atomic E-state index is 0.00859. The lowest BCUT2D eigenvalue weighted by Crippen LogP contribution is -2.62. The summed E-state index contributed by atoms with van der Waals surface area (Å²) in [5, 5.41) is 27.5. The number of allylic oxidation sites excluding steroid dienone is 1. The Morgan fingerprint density at radius 2 is 1.97 bits per heavy atom. The van der Waals surface area contributed by atoms with Gasteiger partial charge in [0, 0.05) is 5.41 Å². The smallest absolute Gasteiger partial charge is 0.195 e. The van der Waals surface area contributed by atoms with Crippen molar-refractivity contribution in [3.05, 3.63) is 53.1 Å². The van der Waals surface area contributed by atoms with E-state index in [-0.39, 0.29) is 35.4 Å². The maximum atomic E-state index is 13.4. The first-order valence-electron chi connectivity index (χ1n) is 12.7. The van der Waals surface area contributed by atoms with Crippen LogP contribution in [-0.2, 0) is 11.2 Å². The van der Waals surface area contributed by atoms with Crippen LogP contribution in [0.2, 0.25) is 0 Å². The lowest BCUT2D eigenvalue weighted by Gasteiger charge is -2.60. The van der Waals surface area contributed by atoms with Crippen LogP contribution in [-0.4, -0.2) is 44.2 Å². The zero-order valence-corrected chi connectivity index (χ0v) is 20.2. The number of ketones is 1. The number of hydrogen-bond acceptors (Lipinski definition) is 4. The molecule has 6 rings (SSSR count).